The Morgan fingerprint density at radius 1 is 0.917 bits per heavy atom. The summed E-state index contributed by atoms with van der Waals surface area (Å²) < 4.78 is 61.8. The number of nitrogens with zero attached hydrogens (tertiary/aromatic N) is 1. The van der Waals surface area contributed by atoms with Gasteiger partial charge in [-0.2, -0.15) is 13.2 Å². The standard InChI is InChI=1S/C15H14F3NO4S/c16-15(17,18)12-3-1-11(2-4-12)9-10-24(22,23)14-7-5-13(6-8-14)19(20)21/h1-8,20-21H,9-10H2. The van der Waals surface area contributed by atoms with Gasteiger partial charge in [-0.15, -0.1) is 5.23 Å². The Labute approximate surface area is 136 Å². The van der Waals surface area contributed by atoms with Gasteiger partial charge in [-0.3, -0.25) is 10.4 Å². The number of anilines is 1. The van der Waals surface area contributed by atoms with Crippen molar-refractivity contribution < 1.29 is 32.0 Å². The number of hydrogen-bond acceptors (Lipinski definition) is 5. The molecule has 5 nitrogen and oxygen atoms in total. The molecule has 0 radical (unpaired) electrons. The summed E-state index contributed by atoms with van der Waals surface area (Å²) in [5, 5.41) is 17.5. The van der Waals surface area contributed by atoms with Crippen LogP contribution in [-0.2, 0) is 22.4 Å². The van der Waals surface area contributed by atoms with E-state index in [0.29, 0.717) is 5.56 Å². The van der Waals surface area contributed by atoms with Crippen molar-refractivity contribution in [3.05, 3.63) is 59.7 Å². The average Bonchev–Trinajstić information content (AvgIpc) is 2.52. The van der Waals surface area contributed by atoms with E-state index in [2.05, 4.69) is 0 Å². The smallest absolute Gasteiger partial charge is 0.264 e. The van der Waals surface area contributed by atoms with E-state index < -0.39 is 21.6 Å². The fourth-order valence-electron chi connectivity index (χ4n) is 2.02. The van der Waals surface area contributed by atoms with Crippen molar-refractivity contribution in [3.8, 4) is 0 Å². The summed E-state index contributed by atoms with van der Waals surface area (Å²) >= 11 is 0. The van der Waals surface area contributed by atoms with Crippen LogP contribution in [0, 0.1) is 0 Å². The largest absolute Gasteiger partial charge is 0.416 e. The van der Waals surface area contributed by atoms with E-state index in [1.807, 2.05) is 0 Å². The Bertz CT molecular complexity index is 785. The Kier molecular flexibility index (Phi) is 5.16. The molecule has 0 spiro atoms. The van der Waals surface area contributed by atoms with E-state index in [0.717, 1.165) is 12.1 Å². The van der Waals surface area contributed by atoms with Gasteiger partial charge in [0.1, 0.15) is 0 Å². The summed E-state index contributed by atoms with van der Waals surface area (Å²) in [6.45, 7) is 0. The van der Waals surface area contributed by atoms with E-state index in [1.54, 1.807) is 0 Å². The summed E-state index contributed by atoms with van der Waals surface area (Å²) in [4.78, 5) is -0.0139. The monoisotopic (exact) mass is 361 g/mol. The number of benzene rings is 2. The summed E-state index contributed by atoms with van der Waals surface area (Å²) in [5.74, 6) is -0.278. The molecule has 0 saturated carbocycles. The predicted octanol–water partition coefficient (Wildman–Crippen LogP) is 3.31. The van der Waals surface area contributed by atoms with Crippen LogP contribution in [0.1, 0.15) is 11.1 Å². The molecule has 9 heteroatoms. The molecule has 0 saturated heterocycles. The van der Waals surface area contributed by atoms with Crippen LogP contribution >= 0.6 is 0 Å². The van der Waals surface area contributed by atoms with Gasteiger partial charge in [-0.05, 0) is 48.4 Å². The number of halogens is 3. The lowest BCUT2D eigenvalue weighted by Crippen LogP contribution is -2.12. The normalized spacial score (nSPS) is 12.2. The van der Waals surface area contributed by atoms with E-state index in [-0.39, 0.29) is 28.0 Å². The molecule has 0 aliphatic heterocycles. The van der Waals surface area contributed by atoms with Gasteiger partial charge in [-0.1, -0.05) is 12.1 Å². The lowest BCUT2D eigenvalue weighted by Gasteiger charge is -2.10. The van der Waals surface area contributed by atoms with Crippen LogP contribution < -0.4 is 5.23 Å². The molecule has 0 atom stereocenters. The van der Waals surface area contributed by atoms with E-state index in [1.165, 1.54) is 36.4 Å². The summed E-state index contributed by atoms with van der Waals surface area (Å²) in [7, 11) is -3.64. The van der Waals surface area contributed by atoms with Crippen molar-refractivity contribution in [3.63, 3.8) is 0 Å². The first-order valence-electron chi connectivity index (χ1n) is 6.76. The topological polar surface area (TPSA) is 77.8 Å². The van der Waals surface area contributed by atoms with Crippen molar-refractivity contribution >= 4 is 15.5 Å². The van der Waals surface area contributed by atoms with Crippen molar-refractivity contribution in [2.45, 2.75) is 17.5 Å². The first kappa shape index (κ1) is 18.2. The molecule has 0 aliphatic rings. The van der Waals surface area contributed by atoms with Gasteiger partial charge in [0.15, 0.2) is 9.84 Å². The second-order valence-corrected chi connectivity index (χ2v) is 7.16. The lowest BCUT2D eigenvalue weighted by atomic mass is 10.1. The van der Waals surface area contributed by atoms with Crippen LogP contribution in [-0.4, -0.2) is 24.6 Å². The molecule has 0 aromatic heterocycles. The molecule has 2 aromatic carbocycles. The third kappa shape index (κ3) is 4.47. The second kappa shape index (κ2) is 6.80. The maximum atomic E-state index is 12.5. The fourth-order valence-corrected chi connectivity index (χ4v) is 3.31. The molecule has 2 N–H and O–H groups in total. The molecular weight excluding hydrogens is 347 g/mol. The van der Waals surface area contributed by atoms with Crippen molar-refractivity contribution in [2.24, 2.45) is 0 Å². The number of alkyl halides is 3. The minimum atomic E-state index is -4.43. The number of sulfone groups is 1. The van der Waals surface area contributed by atoms with Gasteiger partial charge in [0, 0.05) is 0 Å². The number of hydrogen-bond donors (Lipinski definition) is 2. The predicted molar refractivity (Wildman–Crippen MR) is 79.7 cm³/mol. The van der Waals surface area contributed by atoms with Crippen LogP contribution in [0.15, 0.2) is 53.4 Å². The lowest BCUT2D eigenvalue weighted by molar-refractivity contribution is -0.137. The zero-order valence-electron chi connectivity index (χ0n) is 12.2. The van der Waals surface area contributed by atoms with Crippen LogP contribution in [0.2, 0.25) is 0 Å². The molecular formula is C15H14F3NO4S. The van der Waals surface area contributed by atoms with E-state index in [9.17, 15) is 21.6 Å². The fraction of sp³-hybridized carbons (Fsp3) is 0.200. The van der Waals surface area contributed by atoms with Crippen molar-refractivity contribution in [1.29, 1.82) is 0 Å². The van der Waals surface area contributed by atoms with Gasteiger partial charge in [0.05, 0.1) is 21.9 Å². The quantitative estimate of drug-likeness (QED) is 0.799. The van der Waals surface area contributed by atoms with Crippen LogP contribution in [0.3, 0.4) is 0 Å². The Hall–Kier alpha value is -2.10. The Morgan fingerprint density at radius 2 is 1.46 bits per heavy atom. The summed E-state index contributed by atoms with van der Waals surface area (Å²) in [5.41, 5.74) is -0.320. The maximum Gasteiger partial charge on any atom is 0.416 e. The molecule has 0 bridgehead atoms. The minimum absolute atomic E-state index is 0.00307. The first-order valence-corrected chi connectivity index (χ1v) is 8.42. The van der Waals surface area contributed by atoms with Crippen molar-refractivity contribution in [1.82, 2.24) is 0 Å². The molecule has 0 fully saturated rings. The average molecular weight is 361 g/mol. The Balaban J connectivity index is 2.07. The van der Waals surface area contributed by atoms with Gasteiger partial charge < -0.3 is 0 Å². The molecule has 24 heavy (non-hydrogen) atoms. The molecule has 2 rings (SSSR count). The van der Waals surface area contributed by atoms with Gasteiger partial charge in [0.2, 0.25) is 0 Å². The first-order chi connectivity index (χ1) is 11.1. The van der Waals surface area contributed by atoms with E-state index in [4.69, 9.17) is 10.4 Å². The molecule has 0 heterocycles. The third-order valence-corrected chi connectivity index (χ3v) is 5.10. The van der Waals surface area contributed by atoms with Gasteiger partial charge in [0.25, 0.3) is 0 Å². The minimum Gasteiger partial charge on any atom is -0.264 e. The maximum absolute atomic E-state index is 12.5. The zero-order chi connectivity index (χ0) is 18.0. The van der Waals surface area contributed by atoms with Gasteiger partial charge >= 0.3 is 6.18 Å². The molecule has 0 amide bonds. The zero-order valence-corrected chi connectivity index (χ0v) is 13.0. The molecule has 2 aromatic rings. The van der Waals surface area contributed by atoms with Crippen LogP contribution in [0.5, 0.6) is 0 Å². The SMILES string of the molecule is O=S(=O)(CCc1ccc(C(F)(F)F)cc1)c1ccc(N(O)O)cc1. The van der Waals surface area contributed by atoms with Gasteiger partial charge in [-0.25, -0.2) is 8.42 Å². The highest BCUT2D eigenvalue weighted by atomic mass is 32.2. The number of rotatable bonds is 5. The summed E-state index contributed by atoms with van der Waals surface area (Å²) in [6, 6.07) is 9.18. The molecule has 0 aliphatic carbocycles. The highest BCUT2D eigenvalue weighted by molar-refractivity contribution is 7.91. The molecule has 0 unspecified atom stereocenters. The highest BCUT2D eigenvalue weighted by Crippen LogP contribution is 2.29. The number of aryl methyl sites for hydroxylation is 1. The third-order valence-electron chi connectivity index (χ3n) is 3.37. The van der Waals surface area contributed by atoms with Crippen LogP contribution in [0.4, 0.5) is 18.9 Å². The highest BCUT2D eigenvalue weighted by Gasteiger charge is 2.29. The summed E-state index contributed by atoms with van der Waals surface area (Å²) in [6.07, 6.45) is -4.37. The second-order valence-electron chi connectivity index (χ2n) is 5.05. The van der Waals surface area contributed by atoms with Crippen LogP contribution in [0.25, 0.3) is 0 Å². The Morgan fingerprint density at radius 3 is 1.92 bits per heavy atom. The van der Waals surface area contributed by atoms with E-state index >= 15 is 0 Å². The molecule has 130 valence electrons. The van der Waals surface area contributed by atoms with Crippen molar-refractivity contribution in [2.75, 3.05) is 11.0 Å².